The largest absolute Gasteiger partial charge is 0.303 e. The van der Waals surface area contributed by atoms with Gasteiger partial charge in [-0.25, -0.2) is 0 Å². The molecule has 0 aliphatic rings. The second-order valence-electron chi connectivity index (χ2n) is 5.95. The van der Waals surface area contributed by atoms with Crippen molar-refractivity contribution in [1.82, 2.24) is 4.90 Å². The Balaban J connectivity index is 3.94. The van der Waals surface area contributed by atoms with Crippen molar-refractivity contribution in [2.45, 2.75) is 47.5 Å². The number of hydrogen-bond donors (Lipinski definition) is 1. The van der Waals surface area contributed by atoms with E-state index < -0.39 is 0 Å². The first kappa shape index (κ1) is 16.3. The van der Waals surface area contributed by atoms with Gasteiger partial charge in [-0.1, -0.05) is 34.6 Å². The summed E-state index contributed by atoms with van der Waals surface area (Å²) in [5.41, 5.74) is 0. The van der Waals surface area contributed by atoms with Crippen molar-refractivity contribution in [3.63, 3.8) is 0 Å². The topological polar surface area (TPSA) is 3.24 Å². The first-order valence-corrected chi connectivity index (χ1v) is 7.42. The van der Waals surface area contributed by atoms with E-state index >= 15 is 0 Å². The number of thiol groups is 1. The van der Waals surface area contributed by atoms with Crippen molar-refractivity contribution in [2.75, 3.05) is 25.4 Å². The van der Waals surface area contributed by atoms with Crippen LogP contribution in [0.1, 0.15) is 47.5 Å². The molecule has 0 heterocycles. The maximum absolute atomic E-state index is 4.38. The highest BCUT2D eigenvalue weighted by atomic mass is 32.1. The third-order valence-electron chi connectivity index (χ3n) is 2.93. The molecule has 0 N–H and O–H groups in total. The molecule has 16 heavy (non-hydrogen) atoms. The number of rotatable bonds is 9. The van der Waals surface area contributed by atoms with Crippen LogP contribution in [0.2, 0.25) is 0 Å². The van der Waals surface area contributed by atoms with Gasteiger partial charge in [0.05, 0.1) is 0 Å². The van der Waals surface area contributed by atoms with Crippen LogP contribution in [0.3, 0.4) is 0 Å². The quantitative estimate of drug-likeness (QED) is 0.602. The molecule has 0 aromatic rings. The molecular formula is C14H31NS. The molecule has 0 spiro atoms. The third-order valence-corrected chi connectivity index (χ3v) is 3.55. The predicted octanol–water partition coefficient (Wildman–Crippen LogP) is 3.95. The normalized spacial score (nSPS) is 14.1. The van der Waals surface area contributed by atoms with Crippen molar-refractivity contribution in [3.8, 4) is 0 Å². The van der Waals surface area contributed by atoms with Crippen molar-refractivity contribution < 1.29 is 0 Å². The van der Waals surface area contributed by atoms with E-state index in [1.807, 2.05) is 0 Å². The van der Waals surface area contributed by atoms with E-state index in [2.05, 4.69) is 52.1 Å². The van der Waals surface area contributed by atoms with Crippen LogP contribution in [0.15, 0.2) is 0 Å². The number of hydrogen-bond acceptors (Lipinski definition) is 2. The van der Waals surface area contributed by atoms with Crippen LogP contribution in [0, 0.1) is 17.8 Å². The molecule has 98 valence electrons. The minimum atomic E-state index is 0.711. The molecule has 1 nitrogen and oxygen atoms in total. The monoisotopic (exact) mass is 245 g/mol. The highest BCUT2D eigenvalue weighted by Crippen LogP contribution is 2.09. The Morgan fingerprint density at radius 2 is 1.31 bits per heavy atom. The molecule has 0 aliphatic carbocycles. The fraction of sp³-hybridized carbons (Fsp3) is 1.00. The number of nitrogens with zero attached hydrogens (tertiary/aromatic N) is 1. The van der Waals surface area contributed by atoms with Crippen LogP contribution in [-0.2, 0) is 0 Å². The molecule has 0 fully saturated rings. The zero-order valence-corrected chi connectivity index (χ0v) is 12.8. The Labute approximate surface area is 108 Å². The summed E-state index contributed by atoms with van der Waals surface area (Å²) in [6, 6.07) is 0. The van der Waals surface area contributed by atoms with Gasteiger partial charge >= 0.3 is 0 Å². The summed E-state index contributed by atoms with van der Waals surface area (Å²) in [4.78, 5) is 2.63. The fourth-order valence-corrected chi connectivity index (χ4v) is 1.79. The summed E-state index contributed by atoms with van der Waals surface area (Å²) in [7, 11) is 0. The van der Waals surface area contributed by atoms with E-state index in [0.29, 0.717) is 5.92 Å². The van der Waals surface area contributed by atoms with Crippen LogP contribution in [-0.4, -0.2) is 30.3 Å². The minimum absolute atomic E-state index is 0.711. The smallest absolute Gasteiger partial charge is 0.00148 e. The van der Waals surface area contributed by atoms with Gasteiger partial charge < -0.3 is 4.90 Å². The van der Waals surface area contributed by atoms with Crippen molar-refractivity contribution >= 4 is 12.6 Å². The van der Waals surface area contributed by atoms with Crippen molar-refractivity contribution in [1.29, 1.82) is 0 Å². The Kier molecular flexibility index (Phi) is 9.53. The van der Waals surface area contributed by atoms with Crippen LogP contribution in [0.5, 0.6) is 0 Å². The zero-order chi connectivity index (χ0) is 12.6. The van der Waals surface area contributed by atoms with Crippen molar-refractivity contribution in [2.24, 2.45) is 17.8 Å². The van der Waals surface area contributed by atoms with Gasteiger partial charge in [-0.15, -0.1) is 0 Å². The molecule has 1 atom stereocenters. The maximum Gasteiger partial charge on any atom is 0.00148 e. The van der Waals surface area contributed by atoms with Crippen molar-refractivity contribution in [3.05, 3.63) is 0 Å². The van der Waals surface area contributed by atoms with Crippen LogP contribution in [0.4, 0.5) is 0 Å². The molecule has 0 aromatic heterocycles. The lowest BCUT2D eigenvalue weighted by atomic mass is 10.1. The standard InChI is InChI=1S/C14H31NS/c1-12(2)6-8-15(9-7-13(3)4)10-14(5)11-16/h12-14,16H,6-11H2,1-5H3. The van der Waals surface area contributed by atoms with Crippen LogP contribution >= 0.6 is 12.6 Å². The third kappa shape index (κ3) is 9.53. The molecule has 0 radical (unpaired) electrons. The van der Waals surface area contributed by atoms with E-state index in [1.54, 1.807) is 0 Å². The minimum Gasteiger partial charge on any atom is -0.303 e. The summed E-state index contributed by atoms with van der Waals surface area (Å²) in [6.45, 7) is 15.2. The maximum atomic E-state index is 4.38. The molecule has 0 rings (SSSR count). The van der Waals surface area contributed by atoms with Gasteiger partial charge in [0.15, 0.2) is 0 Å². The average Bonchev–Trinajstić information content (AvgIpc) is 2.21. The van der Waals surface area contributed by atoms with Gasteiger partial charge in [-0.05, 0) is 49.4 Å². The van der Waals surface area contributed by atoms with Gasteiger partial charge in [0.1, 0.15) is 0 Å². The molecule has 0 saturated heterocycles. The molecular weight excluding hydrogens is 214 g/mol. The first-order valence-electron chi connectivity index (χ1n) is 6.78. The molecule has 0 aromatic carbocycles. The van der Waals surface area contributed by atoms with Gasteiger partial charge in [0.2, 0.25) is 0 Å². The molecule has 0 aliphatic heterocycles. The highest BCUT2D eigenvalue weighted by Gasteiger charge is 2.10. The fourth-order valence-electron chi connectivity index (χ4n) is 1.67. The summed E-state index contributed by atoms with van der Waals surface area (Å²) in [6.07, 6.45) is 2.63. The van der Waals surface area contributed by atoms with Crippen LogP contribution < -0.4 is 0 Å². The van der Waals surface area contributed by atoms with E-state index in [0.717, 1.165) is 17.6 Å². The lowest BCUT2D eigenvalue weighted by molar-refractivity contribution is 0.221. The van der Waals surface area contributed by atoms with E-state index in [4.69, 9.17) is 0 Å². The SMILES string of the molecule is CC(C)CCN(CCC(C)C)CC(C)CS. The highest BCUT2D eigenvalue weighted by molar-refractivity contribution is 7.80. The predicted molar refractivity (Wildman–Crippen MR) is 78.4 cm³/mol. The lowest BCUT2D eigenvalue weighted by Crippen LogP contribution is -2.32. The first-order chi connectivity index (χ1) is 7.45. The van der Waals surface area contributed by atoms with E-state index in [1.165, 1.54) is 32.5 Å². The Morgan fingerprint density at radius 1 is 0.875 bits per heavy atom. The Morgan fingerprint density at radius 3 is 1.62 bits per heavy atom. The summed E-state index contributed by atoms with van der Waals surface area (Å²) >= 11 is 4.38. The molecule has 0 bridgehead atoms. The van der Waals surface area contributed by atoms with Crippen LogP contribution in [0.25, 0.3) is 0 Å². The lowest BCUT2D eigenvalue weighted by Gasteiger charge is -2.26. The molecule has 2 heteroatoms. The summed E-state index contributed by atoms with van der Waals surface area (Å²) in [5.74, 6) is 3.34. The molecule has 1 unspecified atom stereocenters. The summed E-state index contributed by atoms with van der Waals surface area (Å²) in [5, 5.41) is 0. The van der Waals surface area contributed by atoms with E-state index in [9.17, 15) is 0 Å². The van der Waals surface area contributed by atoms with Gasteiger partial charge in [0.25, 0.3) is 0 Å². The Hall–Kier alpha value is 0.310. The molecule has 0 amide bonds. The van der Waals surface area contributed by atoms with Gasteiger partial charge in [-0.3, -0.25) is 0 Å². The Bertz CT molecular complexity index is 145. The average molecular weight is 245 g/mol. The van der Waals surface area contributed by atoms with E-state index in [-0.39, 0.29) is 0 Å². The second-order valence-corrected chi connectivity index (χ2v) is 6.32. The molecule has 0 saturated carbocycles. The van der Waals surface area contributed by atoms with Gasteiger partial charge in [0, 0.05) is 6.54 Å². The second kappa shape index (κ2) is 9.35. The van der Waals surface area contributed by atoms with Gasteiger partial charge in [-0.2, -0.15) is 12.6 Å². The summed E-state index contributed by atoms with van der Waals surface area (Å²) < 4.78 is 0. The zero-order valence-electron chi connectivity index (χ0n) is 11.9.